The molecule has 0 N–H and O–H groups in total. The van der Waals surface area contributed by atoms with Gasteiger partial charge in [-0.15, -0.1) is 0 Å². The molecule has 0 fully saturated rings. The fourth-order valence-electron chi connectivity index (χ4n) is 2.04. The number of halogens is 1. The summed E-state index contributed by atoms with van der Waals surface area (Å²) in [6.45, 7) is 1.59. The third-order valence-corrected chi connectivity index (χ3v) is 3.44. The van der Waals surface area contributed by atoms with Gasteiger partial charge in [0.25, 0.3) is 0 Å². The van der Waals surface area contributed by atoms with E-state index in [9.17, 15) is 14.9 Å². The summed E-state index contributed by atoms with van der Waals surface area (Å²) < 4.78 is 7.49. The number of imidazole rings is 1. The molecule has 7 nitrogen and oxygen atoms in total. The highest BCUT2D eigenvalue weighted by atomic mass is 79.9. The van der Waals surface area contributed by atoms with Crippen LogP contribution in [0, 0.1) is 10.1 Å². The SMILES string of the molecule is CCOC(=O)CC(C[N+](=O)[O-])c1cn2ccc(Br)cc2n1. The van der Waals surface area contributed by atoms with Crippen LogP contribution in [0.3, 0.4) is 0 Å². The van der Waals surface area contributed by atoms with Gasteiger partial charge in [-0.05, 0) is 19.1 Å². The zero-order valence-corrected chi connectivity index (χ0v) is 12.9. The molecule has 0 aliphatic carbocycles. The number of nitrogens with zero attached hydrogens (tertiary/aromatic N) is 3. The highest BCUT2D eigenvalue weighted by molar-refractivity contribution is 9.10. The summed E-state index contributed by atoms with van der Waals surface area (Å²) in [6.07, 6.45) is 3.44. The molecule has 0 radical (unpaired) electrons. The third-order valence-electron chi connectivity index (χ3n) is 2.95. The van der Waals surface area contributed by atoms with E-state index in [0.717, 1.165) is 4.47 Å². The number of esters is 1. The van der Waals surface area contributed by atoms with Crippen LogP contribution in [-0.2, 0) is 9.53 Å². The molecular formula is C13H14BrN3O4. The van der Waals surface area contributed by atoms with Gasteiger partial charge in [-0.3, -0.25) is 14.9 Å². The largest absolute Gasteiger partial charge is 0.466 e. The number of pyridine rings is 1. The number of aromatic nitrogens is 2. The first kappa shape index (κ1) is 15.4. The predicted octanol–water partition coefficient (Wildman–Crippen LogP) is 2.41. The Balaban J connectivity index is 2.28. The number of rotatable bonds is 6. The Morgan fingerprint density at radius 1 is 1.62 bits per heavy atom. The number of fused-ring (bicyclic) bond motifs is 1. The monoisotopic (exact) mass is 355 g/mol. The molecule has 2 heterocycles. The number of carbonyl (C=O) groups excluding carboxylic acids is 1. The topological polar surface area (TPSA) is 86.7 Å². The molecule has 0 saturated heterocycles. The van der Waals surface area contributed by atoms with Crippen molar-refractivity contribution in [2.75, 3.05) is 13.2 Å². The quantitative estimate of drug-likeness (QED) is 0.451. The van der Waals surface area contributed by atoms with Crippen LogP contribution in [0.15, 0.2) is 29.0 Å². The van der Waals surface area contributed by atoms with Gasteiger partial charge in [0.05, 0.1) is 24.6 Å². The molecule has 1 atom stereocenters. The average molecular weight is 356 g/mol. The second-order valence-electron chi connectivity index (χ2n) is 4.50. The van der Waals surface area contributed by atoms with Crippen molar-refractivity contribution in [2.45, 2.75) is 19.3 Å². The van der Waals surface area contributed by atoms with E-state index >= 15 is 0 Å². The fourth-order valence-corrected chi connectivity index (χ4v) is 2.36. The molecule has 0 spiro atoms. The van der Waals surface area contributed by atoms with Crippen molar-refractivity contribution in [1.82, 2.24) is 9.38 Å². The summed E-state index contributed by atoms with van der Waals surface area (Å²) in [4.78, 5) is 26.3. The Kier molecular flexibility index (Phi) is 4.89. The molecule has 1 unspecified atom stereocenters. The second kappa shape index (κ2) is 6.66. The Bertz CT molecular complexity index is 670. The van der Waals surface area contributed by atoms with Crippen LogP contribution in [0.1, 0.15) is 25.0 Å². The minimum absolute atomic E-state index is 0.0557. The lowest BCUT2D eigenvalue weighted by Gasteiger charge is -2.09. The number of hydrogen-bond acceptors (Lipinski definition) is 5. The van der Waals surface area contributed by atoms with Gasteiger partial charge in [-0.25, -0.2) is 4.98 Å². The van der Waals surface area contributed by atoms with E-state index in [-0.39, 0.29) is 19.6 Å². The van der Waals surface area contributed by atoms with E-state index in [1.165, 1.54) is 0 Å². The molecule has 2 rings (SSSR count). The molecule has 0 saturated carbocycles. The zero-order chi connectivity index (χ0) is 15.4. The molecule has 8 heteroatoms. The van der Waals surface area contributed by atoms with Crippen molar-refractivity contribution in [3.8, 4) is 0 Å². The van der Waals surface area contributed by atoms with E-state index in [2.05, 4.69) is 20.9 Å². The van der Waals surface area contributed by atoms with E-state index in [4.69, 9.17) is 4.74 Å². The van der Waals surface area contributed by atoms with Crippen LogP contribution in [0.2, 0.25) is 0 Å². The number of ether oxygens (including phenoxy) is 1. The van der Waals surface area contributed by atoms with Crippen LogP contribution < -0.4 is 0 Å². The van der Waals surface area contributed by atoms with Gasteiger partial charge >= 0.3 is 5.97 Å². The Morgan fingerprint density at radius 2 is 2.38 bits per heavy atom. The maximum atomic E-state index is 11.6. The van der Waals surface area contributed by atoms with Crippen LogP contribution in [0.4, 0.5) is 0 Å². The van der Waals surface area contributed by atoms with Crippen LogP contribution in [0.5, 0.6) is 0 Å². The molecule has 0 amide bonds. The molecule has 0 aliphatic heterocycles. The summed E-state index contributed by atoms with van der Waals surface area (Å²) in [7, 11) is 0. The summed E-state index contributed by atoms with van der Waals surface area (Å²) in [6, 6.07) is 3.64. The molecule has 0 bridgehead atoms. The zero-order valence-electron chi connectivity index (χ0n) is 11.4. The van der Waals surface area contributed by atoms with Crippen LogP contribution >= 0.6 is 15.9 Å². The molecule has 0 aromatic carbocycles. The van der Waals surface area contributed by atoms with Crippen molar-refractivity contribution in [3.63, 3.8) is 0 Å². The molecule has 112 valence electrons. The summed E-state index contributed by atoms with van der Waals surface area (Å²) in [5.74, 6) is -1.06. The van der Waals surface area contributed by atoms with Gasteiger partial charge in [0.1, 0.15) is 5.65 Å². The predicted molar refractivity (Wildman–Crippen MR) is 78.7 cm³/mol. The first-order valence-electron chi connectivity index (χ1n) is 6.41. The van der Waals surface area contributed by atoms with Crippen molar-refractivity contribution in [2.24, 2.45) is 0 Å². The number of hydrogen-bond donors (Lipinski definition) is 0. The van der Waals surface area contributed by atoms with E-state index < -0.39 is 16.8 Å². The standard InChI is InChI=1S/C13H14BrN3O4/c1-2-21-13(18)5-9(7-17(19)20)11-8-16-4-3-10(14)6-12(16)15-11/h3-4,6,8-9H,2,5,7H2,1H3. The molecule has 2 aromatic heterocycles. The minimum atomic E-state index is -0.599. The smallest absolute Gasteiger partial charge is 0.306 e. The molecular weight excluding hydrogens is 342 g/mol. The molecule has 0 aliphatic rings. The van der Waals surface area contributed by atoms with Gasteiger partial charge in [0.15, 0.2) is 0 Å². The van der Waals surface area contributed by atoms with E-state index in [1.54, 1.807) is 29.8 Å². The normalized spacial score (nSPS) is 12.3. The number of carbonyl (C=O) groups is 1. The van der Waals surface area contributed by atoms with Crippen molar-refractivity contribution in [1.29, 1.82) is 0 Å². The van der Waals surface area contributed by atoms with Gasteiger partial charge in [-0.1, -0.05) is 15.9 Å². The Morgan fingerprint density at radius 3 is 3.05 bits per heavy atom. The summed E-state index contributed by atoms with van der Waals surface area (Å²) in [5.41, 5.74) is 1.18. The van der Waals surface area contributed by atoms with Gasteiger partial charge < -0.3 is 9.14 Å². The summed E-state index contributed by atoms with van der Waals surface area (Å²) >= 11 is 3.34. The van der Waals surface area contributed by atoms with Crippen LogP contribution in [0.25, 0.3) is 5.65 Å². The molecule has 21 heavy (non-hydrogen) atoms. The number of nitro groups is 1. The van der Waals surface area contributed by atoms with Gasteiger partial charge in [-0.2, -0.15) is 0 Å². The maximum Gasteiger partial charge on any atom is 0.306 e. The molecule has 2 aromatic rings. The van der Waals surface area contributed by atoms with Gasteiger partial charge in [0, 0.05) is 21.8 Å². The first-order valence-corrected chi connectivity index (χ1v) is 7.20. The highest BCUT2D eigenvalue weighted by Gasteiger charge is 2.24. The fraction of sp³-hybridized carbons (Fsp3) is 0.385. The van der Waals surface area contributed by atoms with Crippen LogP contribution in [-0.4, -0.2) is 33.4 Å². The van der Waals surface area contributed by atoms with Crippen molar-refractivity contribution >= 4 is 27.5 Å². The third kappa shape index (κ3) is 4.01. The maximum absolute atomic E-state index is 11.6. The second-order valence-corrected chi connectivity index (χ2v) is 5.41. The average Bonchev–Trinajstić information content (AvgIpc) is 2.80. The minimum Gasteiger partial charge on any atom is -0.466 e. The lowest BCUT2D eigenvalue weighted by atomic mass is 10.0. The Labute approximate surface area is 129 Å². The highest BCUT2D eigenvalue weighted by Crippen LogP contribution is 2.22. The summed E-state index contributed by atoms with van der Waals surface area (Å²) in [5, 5.41) is 10.8. The van der Waals surface area contributed by atoms with Crippen molar-refractivity contribution < 1.29 is 14.5 Å². The Hall–Kier alpha value is -1.96. The van der Waals surface area contributed by atoms with E-state index in [1.807, 2.05) is 6.07 Å². The first-order chi connectivity index (χ1) is 9.99. The van der Waals surface area contributed by atoms with E-state index in [0.29, 0.717) is 11.3 Å². The van der Waals surface area contributed by atoms with Gasteiger partial charge in [0.2, 0.25) is 6.54 Å². The lowest BCUT2D eigenvalue weighted by molar-refractivity contribution is -0.483. The van der Waals surface area contributed by atoms with Crippen molar-refractivity contribution in [3.05, 3.63) is 44.8 Å². The lowest BCUT2D eigenvalue weighted by Crippen LogP contribution is -2.18.